The Hall–Kier alpha value is -1.57. The monoisotopic (exact) mass is 325 g/mol. The molecule has 0 bridgehead atoms. The Bertz CT molecular complexity index is 639. The average Bonchev–Trinajstić information content (AvgIpc) is 2.36. The molecule has 5 heteroatoms. The van der Waals surface area contributed by atoms with Gasteiger partial charge in [0.2, 0.25) is 0 Å². The van der Waals surface area contributed by atoms with E-state index in [-0.39, 0.29) is 11.3 Å². The van der Waals surface area contributed by atoms with Crippen molar-refractivity contribution in [2.45, 2.75) is 0 Å². The highest BCUT2D eigenvalue weighted by atomic mass is 79.9. The molecule has 2 nitrogen and oxygen atoms in total. The molecule has 0 aliphatic heterocycles. The van der Waals surface area contributed by atoms with Crippen LogP contribution < -0.4 is 4.74 Å². The molecule has 0 fully saturated rings. The molecule has 0 saturated carbocycles. The number of nitriles is 1. The predicted molar refractivity (Wildman–Crippen MR) is 70.3 cm³/mol. The first-order chi connectivity index (χ1) is 8.60. The molecule has 90 valence electrons. The molecule has 0 spiro atoms. The Morgan fingerprint density at radius 2 is 1.94 bits per heavy atom. The van der Waals surface area contributed by atoms with Gasteiger partial charge in [0.15, 0.2) is 11.6 Å². The van der Waals surface area contributed by atoms with Crippen LogP contribution in [-0.2, 0) is 0 Å². The van der Waals surface area contributed by atoms with Crippen LogP contribution in [0.25, 0.3) is 0 Å². The largest absolute Gasteiger partial charge is 0.453 e. The van der Waals surface area contributed by atoms with E-state index in [1.54, 1.807) is 18.2 Å². The Morgan fingerprint density at radius 1 is 1.17 bits per heavy atom. The van der Waals surface area contributed by atoms with Gasteiger partial charge in [0, 0.05) is 4.47 Å². The van der Waals surface area contributed by atoms with Crippen molar-refractivity contribution in [2.24, 2.45) is 0 Å². The van der Waals surface area contributed by atoms with Gasteiger partial charge in [-0.15, -0.1) is 0 Å². The van der Waals surface area contributed by atoms with E-state index < -0.39 is 5.82 Å². The molecule has 0 unspecified atom stereocenters. The van der Waals surface area contributed by atoms with Crippen LogP contribution in [0.1, 0.15) is 5.56 Å². The highest BCUT2D eigenvalue weighted by Crippen LogP contribution is 2.33. The maximum absolute atomic E-state index is 13.6. The van der Waals surface area contributed by atoms with Gasteiger partial charge in [-0.1, -0.05) is 27.5 Å². The molecular weight excluding hydrogens is 321 g/mol. The second-order valence-electron chi connectivity index (χ2n) is 3.43. The van der Waals surface area contributed by atoms with Gasteiger partial charge >= 0.3 is 0 Å². The van der Waals surface area contributed by atoms with Crippen LogP contribution >= 0.6 is 27.5 Å². The van der Waals surface area contributed by atoms with Crippen LogP contribution in [0.15, 0.2) is 40.9 Å². The molecule has 0 heterocycles. The van der Waals surface area contributed by atoms with E-state index in [0.29, 0.717) is 10.8 Å². The Balaban J connectivity index is 2.34. The zero-order valence-electron chi connectivity index (χ0n) is 8.95. The molecule has 2 rings (SSSR count). The zero-order valence-corrected chi connectivity index (χ0v) is 11.3. The molecule has 0 aliphatic carbocycles. The van der Waals surface area contributed by atoms with E-state index in [0.717, 1.165) is 10.5 Å². The van der Waals surface area contributed by atoms with Gasteiger partial charge < -0.3 is 4.74 Å². The minimum Gasteiger partial charge on any atom is -0.453 e. The molecule has 0 N–H and O–H groups in total. The number of benzene rings is 2. The van der Waals surface area contributed by atoms with Gasteiger partial charge in [0.1, 0.15) is 5.75 Å². The van der Waals surface area contributed by atoms with E-state index in [9.17, 15) is 4.39 Å². The van der Waals surface area contributed by atoms with Crippen LogP contribution in [0, 0.1) is 17.1 Å². The van der Waals surface area contributed by atoms with Gasteiger partial charge in [-0.2, -0.15) is 5.26 Å². The fraction of sp³-hybridized carbons (Fsp3) is 0. The lowest BCUT2D eigenvalue weighted by atomic mass is 10.2. The van der Waals surface area contributed by atoms with Crippen molar-refractivity contribution in [1.29, 1.82) is 5.26 Å². The number of ether oxygens (including phenoxy) is 1. The maximum Gasteiger partial charge on any atom is 0.167 e. The first-order valence-corrected chi connectivity index (χ1v) is 6.10. The Morgan fingerprint density at radius 3 is 2.61 bits per heavy atom. The quantitative estimate of drug-likeness (QED) is 0.786. The first-order valence-electron chi connectivity index (χ1n) is 4.92. The highest BCUT2D eigenvalue weighted by molar-refractivity contribution is 9.10. The number of halogens is 3. The summed E-state index contributed by atoms with van der Waals surface area (Å²) < 4.78 is 19.8. The summed E-state index contributed by atoms with van der Waals surface area (Å²) in [5, 5.41) is 9.02. The molecule has 0 amide bonds. The zero-order chi connectivity index (χ0) is 13.1. The van der Waals surface area contributed by atoms with Crippen LogP contribution in [0.3, 0.4) is 0 Å². The van der Waals surface area contributed by atoms with Crippen LogP contribution in [0.5, 0.6) is 11.5 Å². The average molecular weight is 327 g/mol. The number of nitrogens with zero attached hydrogens (tertiary/aromatic N) is 1. The minimum atomic E-state index is -0.606. The van der Waals surface area contributed by atoms with E-state index in [1.807, 2.05) is 6.07 Å². The molecule has 0 saturated heterocycles. The first kappa shape index (κ1) is 12.9. The van der Waals surface area contributed by atoms with E-state index >= 15 is 0 Å². The summed E-state index contributed by atoms with van der Waals surface area (Å²) in [7, 11) is 0. The molecule has 0 aromatic heterocycles. The fourth-order valence-corrected chi connectivity index (χ4v) is 1.82. The van der Waals surface area contributed by atoms with E-state index in [2.05, 4.69) is 15.9 Å². The second-order valence-corrected chi connectivity index (χ2v) is 4.76. The molecule has 0 radical (unpaired) electrons. The number of rotatable bonds is 2. The third-order valence-corrected chi connectivity index (χ3v) is 2.98. The highest BCUT2D eigenvalue weighted by Gasteiger charge is 2.09. The third kappa shape index (κ3) is 2.81. The lowest BCUT2D eigenvalue weighted by Crippen LogP contribution is -1.90. The normalized spacial score (nSPS) is 9.89. The SMILES string of the molecule is N#Cc1ccc(Oc2cc(Br)ccc2Cl)c(F)c1. The smallest absolute Gasteiger partial charge is 0.167 e. The van der Waals surface area contributed by atoms with Gasteiger partial charge in [-0.25, -0.2) is 4.39 Å². The molecule has 2 aromatic carbocycles. The molecule has 18 heavy (non-hydrogen) atoms. The second kappa shape index (κ2) is 5.38. The topological polar surface area (TPSA) is 33.0 Å². The third-order valence-electron chi connectivity index (χ3n) is 2.17. The summed E-state index contributed by atoms with van der Waals surface area (Å²) in [5.74, 6) is -0.242. The Labute approximate surface area is 117 Å². The summed E-state index contributed by atoms with van der Waals surface area (Å²) in [6.45, 7) is 0. The fourth-order valence-electron chi connectivity index (χ4n) is 1.33. The van der Waals surface area contributed by atoms with Crippen molar-refractivity contribution in [2.75, 3.05) is 0 Å². The Kier molecular flexibility index (Phi) is 3.85. The van der Waals surface area contributed by atoms with Gasteiger partial charge in [-0.3, -0.25) is 0 Å². The number of hydrogen-bond acceptors (Lipinski definition) is 2. The minimum absolute atomic E-state index is 0.0222. The lowest BCUT2D eigenvalue weighted by Gasteiger charge is -2.08. The summed E-state index contributed by atoms with van der Waals surface area (Å²) in [5.41, 5.74) is 0.236. The van der Waals surface area contributed by atoms with Crippen molar-refractivity contribution in [3.05, 3.63) is 57.3 Å². The molecule has 0 aliphatic rings. The van der Waals surface area contributed by atoms with Crippen molar-refractivity contribution < 1.29 is 9.13 Å². The van der Waals surface area contributed by atoms with E-state index in [4.69, 9.17) is 21.6 Å². The summed E-state index contributed by atoms with van der Waals surface area (Å²) in [6.07, 6.45) is 0. The van der Waals surface area contributed by atoms with Crippen molar-refractivity contribution in [3.63, 3.8) is 0 Å². The summed E-state index contributed by atoms with van der Waals surface area (Å²) in [4.78, 5) is 0. The summed E-state index contributed by atoms with van der Waals surface area (Å²) in [6, 6.07) is 10.9. The van der Waals surface area contributed by atoms with Crippen molar-refractivity contribution in [1.82, 2.24) is 0 Å². The van der Waals surface area contributed by atoms with Crippen molar-refractivity contribution >= 4 is 27.5 Å². The van der Waals surface area contributed by atoms with Crippen molar-refractivity contribution in [3.8, 4) is 17.6 Å². The van der Waals surface area contributed by atoms with Gasteiger partial charge in [0.05, 0.1) is 16.7 Å². The van der Waals surface area contributed by atoms with Crippen LogP contribution in [0.2, 0.25) is 5.02 Å². The summed E-state index contributed by atoms with van der Waals surface area (Å²) >= 11 is 9.21. The molecule has 0 atom stereocenters. The van der Waals surface area contributed by atoms with Crippen LogP contribution in [-0.4, -0.2) is 0 Å². The standard InChI is InChI=1S/C13H6BrClFNO/c14-9-2-3-10(15)13(6-9)18-12-4-1-8(7-17)5-11(12)16/h1-6H. The number of hydrogen-bond donors (Lipinski definition) is 0. The molecular formula is C13H6BrClFNO. The van der Waals surface area contributed by atoms with Gasteiger partial charge in [0.25, 0.3) is 0 Å². The molecule has 2 aromatic rings. The van der Waals surface area contributed by atoms with Crippen LogP contribution in [0.4, 0.5) is 4.39 Å². The lowest BCUT2D eigenvalue weighted by molar-refractivity contribution is 0.442. The van der Waals surface area contributed by atoms with Gasteiger partial charge in [-0.05, 0) is 36.4 Å². The van der Waals surface area contributed by atoms with E-state index in [1.165, 1.54) is 12.1 Å². The predicted octanol–water partition coefficient (Wildman–Crippen LogP) is 4.91. The maximum atomic E-state index is 13.6.